The van der Waals surface area contributed by atoms with Gasteiger partial charge in [0.1, 0.15) is 11.4 Å². The van der Waals surface area contributed by atoms with E-state index in [1.807, 2.05) is 0 Å². The van der Waals surface area contributed by atoms with Crippen molar-refractivity contribution in [2.75, 3.05) is 26.2 Å². The largest absolute Gasteiger partial charge is 0.486 e. The molecule has 2 aliphatic heterocycles. The SMILES string of the molecule is CCN(CC)C1CC2(CCNCC2)Oc2c(C)cc(C)cc21. The van der Waals surface area contributed by atoms with Gasteiger partial charge in [0.25, 0.3) is 0 Å². The zero-order valence-corrected chi connectivity index (χ0v) is 14.5. The van der Waals surface area contributed by atoms with Crippen LogP contribution >= 0.6 is 0 Å². The number of hydrogen-bond donors (Lipinski definition) is 1. The smallest absolute Gasteiger partial charge is 0.127 e. The van der Waals surface area contributed by atoms with Gasteiger partial charge in [0.15, 0.2) is 0 Å². The molecule has 1 spiro atoms. The minimum atomic E-state index is 0.0333. The van der Waals surface area contributed by atoms with E-state index in [1.54, 1.807) is 0 Å². The fourth-order valence-electron chi connectivity index (χ4n) is 4.27. The summed E-state index contributed by atoms with van der Waals surface area (Å²) >= 11 is 0. The maximum Gasteiger partial charge on any atom is 0.127 e. The topological polar surface area (TPSA) is 24.5 Å². The number of nitrogens with zero attached hydrogens (tertiary/aromatic N) is 1. The van der Waals surface area contributed by atoms with E-state index in [2.05, 4.69) is 50.0 Å². The van der Waals surface area contributed by atoms with Crippen molar-refractivity contribution in [3.05, 3.63) is 28.8 Å². The van der Waals surface area contributed by atoms with Crippen LogP contribution in [-0.4, -0.2) is 36.7 Å². The molecule has 0 aromatic heterocycles. The molecule has 1 aromatic carbocycles. The Hall–Kier alpha value is -1.06. The quantitative estimate of drug-likeness (QED) is 0.923. The van der Waals surface area contributed by atoms with Crippen molar-refractivity contribution in [2.45, 2.75) is 58.6 Å². The van der Waals surface area contributed by atoms with E-state index in [1.165, 1.54) is 16.7 Å². The van der Waals surface area contributed by atoms with Gasteiger partial charge in [-0.1, -0.05) is 31.5 Å². The molecule has 0 saturated carbocycles. The number of ether oxygens (including phenoxy) is 1. The molecule has 2 aliphatic rings. The maximum atomic E-state index is 6.65. The molecule has 0 amide bonds. The van der Waals surface area contributed by atoms with Crippen molar-refractivity contribution >= 4 is 0 Å². The Kier molecular flexibility index (Phi) is 4.47. The van der Waals surface area contributed by atoms with E-state index in [-0.39, 0.29) is 5.60 Å². The Labute approximate surface area is 135 Å². The summed E-state index contributed by atoms with van der Waals surface area (Å²) in [5.41, 5.74) is 4.08. The first-order valence-electron chi connectivity index (χ1n) is 8.83. The van der Waals surface area contributed by atoms with Gasteiger partial charge in [-0.3, -0.25) is 4.90 Å². The van der Waals surface area contributed by atoms with E-state index >= 15 is 0 Å². The molecule has 0 aliphatic carbocycles. The fraction of sp³-hybridized carbons (Fsp3) is 0.684. The maximum absolute atomic E-state index is 6.65. The number of piperidine rings is 1. The van der Waals surface area contributed by atoms with Crippen LogP contribution < -0.4 is 10.1 Å². The lowest BCUT2D eigenvalue weighted by atomic mass is 9.79. The number of aryl methyl sites for hydroxylation is 2. The molecule has 1 aromatic rings. The highest BCUT2D eigenvalue weighted by molar-refractivity contribution is 5.47. The van der Waals surface area contributed by atoms with E-state index in [4.69, 9.17) is 4.74 Å². The molecule has 0 radical (unpaired) electrons. The summed E-state index contributed by atoms with van der Waals surface area (Å²) in [4.78, 5) is 2.60. The fourth-order valence-corrected chi connectivity index (χ4v) is 4.27. The first-order valence-corrected chi connectivity index (χ1v) is 8.83. The lowest BCUT2D eigenvalue weighted by Gasteiger charge is -2.48. The standard InChI is InChI=1S/C19H30N2O/c1-5-21(6-2)17-13-19(7-9-20-10-8-19)22-18-15(4)11-14(3)12-16(17)18/h11-12,17,20H,5-10,13H2,1-4H3. The zero-order chi connectivity index (χ0) is 15.7. The van der Waals surface area contributed by atoms with Crippen LogP contribution in [0, 0.1) is 13.8 Å². The Morgan fingerprint density at radius 1 is 1.18 bits per heavy atom. The summed E-state index contributed by atoms with van der Waals surface area (Å²) in [6.45, 7) is 13.3. The highest BCUT2D eigenvalue weighted by Gasteiger charge is 2.43. The lowest BCUT2D eigenvalue weighted by Crippen LogP contribution is -2.51. The van der Waals surface area contributed by atoms with Gasteiger partial charge in [-0.15, -0.1) is 0 Å². The molecule has 1 atom stereocenters. The summed E-state index contributed by atoms with van der Waals surface area (Å²) in [5, 5.41) is 3.48. The summed E-state index contributed by atoms with van der Waals surface area (Å²) in [5.74, 6) is 1.16. The van der Waals surface area contributed by atoms with E-state index in [0.717, 1.165) is 51.2 Å². The highest BCUT2D eigenvalue weighted by Crippen LogP contribution is 2.47. The van der Waals surface area contributed by atoms with Gasteiger partial charge in [-0.2, -0.15) is 0 Å². The molecule has 1 saturated heterocycles. The van der Waals surface area contributed by atoms with Crippen LogP contribution in [0.1, 0.15) is 55.8 Å². The second-order valence-corrected chi connectivity index (χ2v) is 6.98. The normalized spacial score (nSPS) is 23.4. The number of rotatable bonds is 3. The average molecular weight is 302 g/mol. The minimum absolute atomic E-state index is 0.0333. The molecule has 3 rings (SSSR count). The van der Waals surface area contributed by atoms with Crippen LogP contribution in [-0.2, 0) is 0 Å². The molecule has 1 fully saturated rings. The molecular formula is C19H30N2O. The number of benzene rings is 1. The van der Waals surface area contributed by atoms with Crippen LogP contribution in [0.3, 0.4) is 0 Å². The summed E-state index contributed by atoms with van der Waals surface area (Å²) in [7, 11) is 0. The van der Waals surface area contributed by atoms with Crippen molar-refractivity contribution in [1.82, 2.24) is 10.2 Å². The Morgan fingerprint density at radius 2 is 1.86 bits per heavy atom. The van der Waals surface area contributed by atoms with Crippen molar-refractivity contribution in [3.63, 3.8) is 0 Å². The Bertz CT molecular complexity index is 530. The van der Waals surface area contributed by atoms with Gasteiger partial charge in [-0.25, -0.2) is 0 Å². The van der Waals surface area contributed by atoms with E-state index in [0.29, 0.717) is 6.04 Å². The zero-order valence-electron chi connectivity index (χ0n) is 14.5. The van der Waals surface area contributed by atoms with E-state index < -0.39 is 0 Å². The molecular weight excluding hydrogens is 272 g/mol. The first-order chi connectivity index (χ1) is 10.6. The lowest BCUT2D eigenvalue weighted by molar-refractivity contribution is -0.0188. The summed E-state index contributed by atoms with van der Waals surface area (Å²) in [6.07, 6.45) is 3.38. The molecule has 3 heteroatoms. The van der Waals surface area contributed by atoms with Gasteiger partial charge in [0, 0.05) is 18.0 Å². The van der Waals surface area contributed by atoms with Crippen LogP contribution in [0.2, 0.25) is 0 Å². The van der Waals surface area contributed by atoms with Crippen LogP contribution in [0.4, 0.5) is 0 Å². The summed E-state index contributed by atoms with van der Waals surface area (Å²) in [6, 6.07) is 5.10. The molecule has 22 heavy (non-hydrogen) atoms. The van der Waals surface area contributed by atoms with Gasteiger partial charge in [-0.05, 0) is 58.4 Å². The van der Waals surface area contributed by atoms with Crippen LogP contribution in [0.5, 0.6) is 5.75 Å². The van der Waals surface area contributed by atoms with Gasteiger partial charge >= 0.3 is 0 Å². The highest BCUT2D eigenvalue weighted by atomic mass is 16.5. The molecule has 0 bridgehead atoms. The number of hydrogen-bond acceptors (Lipinski definition) is 3. The molecule has 2 heterocycles. The molecule has 3 nitrogen and oxygen atoms in total. The molecule has 122 valence electrons. The predicted octanol–water partition coefficient (Wildman–Crippen LogP) is 3.59. The molecule has 1 N–H and O–H groups in total. The van der Waals surface area contributed by atoms with Crippen molar-refractivity contribution in [3.8, 4) is 5.75 Å². The Balaban J connectivity index is 2.05. The van der Waals surface area contributed by atoms with Crippen LogP contribution in [0.15, 0.2) is 12.1 Å². The van der Waals surface area contributed by atoms with Crippen LogP contribution in [0.25, 0.3) is 0 Å². The average Bonchev–Trinajstić information content (AvgIpc) is 2.50. The van der Waals surface area contributed by atoms with Gasteiger partial charge in [0.05, 0.1) is 0 Å². The third kappa shape index (κ3) is 2.77. The van der Waals surface area contributed by atoms with Gasteiger partial charge < -0.3 is 10.1 Å². The third-order valence-electron chi connectivity index (χ3n) is 5.46. The third-order valence-corrected chi connectivity index (χ3v) is 5.46. The van der Waals surface area contributed by atoms with Crippen molar-refractivity contribution in [2.24, 2.45) is 0 Å². The Morgan fingerprint density at radius 3 is 2.50 bits per heavy atom. The second kappa shape index (κ2) is 6.21. The van der Waals surface area contributed by atoms with Gasteiger partial charge in [0.2, 0.25) is 0 Å². The van der Waals surface area contributed by atoms with Crippen molar-refractivity contribution in [1.29, 1.82) is 0 Å². The minimum Gasteiger partial charge on any atom is -0.486 e. The number of nitrogens with one attached hydrogen (secondary N) is 1. The molecule has 1 unspecified atom stereocenters. The second-order valence-electron chi connectivity index (χ2n) is 6.98. The first kappa shape index (κ1) is 15.8. The number of fused-ring (bicyclic) bond motifs is 1. The van der Waals surface area contributed by atoms with Crippen molar-refractivity contribution < 1.29 is 4.74 Å². The summed E-state index contributed by atoms with van der Waals surface area (Å²) < 4.78 is 6.65. The predicted molar refractivity (Wildman–Crippen MR) is 91.7 cm³/mol. The van der Waals surface area contributed by atoms with E-state index in [9.17, 15) is 0 Å². The monoisotopic (exact) mass is 302 g/mol.